The number of nitro benzene ring substituents is 1. The van der Waals surface area contributed by atoms with Gasteiger partial charge in [-0.05, 0) is 6.07 Å². The fourth-order valence-corrected chi connectivity index (χ4v) is 1.76. The number of methoxy groups -OCH3 is 1. The molecule has 0 heterocycles. The monoisotopic (exact) mass is 305 g/mol. The molecule has 1 aromatic carbocycles. The number of nitrogens with zero attached hydrogens (tertiary/aromatic N) is 1. The number of nitro groups is 1. The molecule has 0 saturated carbocycles. The third-order valence-corrected chi connectivity index (χ3v) is 2.71. The Morgan fingerprint density at radius 2 is 2.18 bits per heavy atom. The van der Waals surface area contributed by atoms with Gasteiger partial charge in [0, 0.05) is 16.1 Å². The minimum absolute atomic E-state index is 0.0139. The number of aliphatic hydroxyl groups excluding tert-OH is 1. The zero-order chi connectivity index (χ0) is 13.2. The zero-order valence-corrected chi connectivity index (χ0v) is 10.2. The highest BCUT2D eigenvalue weighted by Crippen LogP contribution is 2.35. The van der Waals surface area contributed by atoms with E-state index in [9.17, 15) is 20.0 Å². The SMILES string of the molecule is COc1cc(C(O)C(=O)O)c(Br)cc1[N+](=O)[O-]. The zero-order valence-electron chi connectivity index (χ0n) is 8.58. The number of carbonyl (C=O) groups is 1. The quantitative estimate of drug-likeness (QED) is 0.644. The molecule has 1 rings (SSSR count). The summed E-state index contributed by atoms with van der Waals surface area (Å²) in [4.78, 5) is 20.6. The summed E-state index contributed by atoms with van der Waals surface area (Å²) >= 11 is 2.96. The number of benzene rings is 1. The molecule has 7 nitrogen and oxygen atoms in total. The van der Waals surface area contributed by atoms with E-state index < -0.39 is 17.0 Å². The maximum atomic E-state index is 10.7. The average Bonchev–Trinajstić information content (AvgIpc) is 2.27. The first-order valence-corrected chi connectivity index (χ1v) is 5.10. The molecule has 0 radical (unpaired) electrons. The summed E-state index contributed by atoms with van der Waals surface area (Å²) in [5.74, 6) is -1.57. The fourth-order valence-electron chi connectivity index (χ4n) is 1.21. The maximum absolute atomic E-state index is 10.7. The van der Waals surface area contributed by atoms with Gasteiger partial charge >= 0.3 is 11.7 Å². The van der Waals surface area contributed by atoms with E-state index >= 15 is 0 Å². The van der Waals surface area contributed by atoms with Crippen LogP contribution in [0.3, 0.4) is 0 Å². The van der Waals surface area contributed by atoms with Gasteiger partial charge in [-0.15, -0.1) is 0 Å². The fraction of sp³-hybridized carbons (Fsp3) is 0.222. The summed E-state index contributed by atoms with van der Waals surface area (Å²) < 4.78 is 4.89. The number of carboxylic acid groups (broad SMARTS) is 1. The first-order chi connectivity index (χ1) is 7.88. The van der Waals surface area contributed by atoms with Crippen molar-refractivity contribution in [2.75, 3.05) is 7.11 Å². The Balaban J connectivity index is 3.36. The highest BCUT2D eigenvalue weighted by atomic mass is 79.9. The van der Waals surface area contributed by atoms with Crippen LogP contribution < -0.4 is 4.74 Å². The summed E-state index contributed by atoms with van der Waals surface area (Å²) in [5, 5.41) is 28.7. The topological polar surface area (TPSA) is 110 Å². The molecule has 1 atom stereocenters. The predicted molar refractivity (Wildman–Crippen MR) is 59.9 cm³/mol. The Labute approximate surface area is 104 Å². The van der Waals surface area contributed by atoms with Crippen LogP contribution in [0.2, 0.25) is 0 Å². The molecule has 0 bridgehead atoms. The van der Waals surface area contributed by atoms with Gasteiger partial charge in [-0.25, -0.2) is 4.79 Å². The van der Waals surface area contributed by atoms with E-state index in [1.807, 2.05) is 0 Å². The van der Waals surface area contributed by atoms with Crippen LogP contribution in [0, 0.1) is 10.1 Å². The van der Waals surface area contributed by atoms with Gasteiger partial charge in [0.15, 0.2) is 11.9 Å². The second-order valence-corrected chi connectivity index (χ2v) is 3.90. The molecule has 0 aromatic heterocycles. The van der Waals surface area contributed by atoms with E-state index in [1.54, 1.807) is 0 Å². The second-order valence-electron chi connectivity index (χ2n) is 3.04. The number of rotatable bonds is 4. The van der Waals surface area contributed by atoms with Crippen LogP contribution in [0.1, 0.15) is 11.7 Å². The summed E-state index contributed by atoms with van der Waals surface area (Å²) in [5.41, 5.74) is -0.333. The summed E-state index contributed by atoms with van der Waals surface area (Å²) in [7, 11) is 1.22. The van der Waals surface area contributed by atoms with Crippen LogP contribution in [-0.4, -0.2) is 28.2 Å². The first-order valence-electron chi connectivity index (χ1n) is 4.31. The van der Waals surface area contributed by atoms with Crippen molar-refractivity contribution in [3.8, 4) is 5.75 Å². The van der Waals surface area contributed by atoms with Gasteiger partial charge in [0.2, 0.25) is 0 Å². The van der Waals surface area contributed by atoms with Crippen molar-refractivity contribution < 1.29 is 24.7 Å². The molecule has 0 fully saturated rings. The Hall–Kier alpha value is -1.67. The molecule has 17 heavy (non-hydrogen) atoms. The Morgan fingerprint density at radius 1 is 1.59 bits per heavy atom. The normalized spacial score (nSPS) is 11.9. The third-order valence-electron chi connectivity index (χ3n) is 2.02. The second kappa shape index (κ2) is 5.11. The lowest BCUT2D eigenvalue weighted by Crippen LogP contribution is -2.11. The van der Waals surface area contributed by atoms with Crippen molar-refractivity contribution in [1.29, 1.82) is 0 Å². The van der Waals surface area contributed by atoms with E-state index in [2.05, 4.69) is 15.9 Å². The molecular weight excluding hydrogens is 298 g/mol. The van der Waals surface area contributed by atoms with Crippen molar-refractivity contribution in [3.05, 3.63) is 32.3 Å². The molecule has 92 valence electrons. The number of aliphatic carboxylic acids is 1. The van der Waals surface area contributed by atoms with Gasteiger partial charge in [0.05, 0.1) is 12.0 Å². The number of halogens is 1. The minimum Gasteiger partial charge on any atom is -0.490 e. The van der Waals surface area contributed by atoms with Gasteiger partial charge < -0.3 is 14.9 Å². The van der Waals surface area contributed by atoms with Crippen molar-refractivity contribution >= 4 is 27.6 Å². The highest BCUT2D eigenvalue weighted by Gasteiger charge is 2.24. The Kier molecular flexibility index (Phi) is 4.02. The van der Waals surface area contributed by atoms with Crippen molar-refractivity contribution in [2.45, 2.75) is 6.10 Å². The van der Waals surface area contributed by atoms with E-state index in [-0.39, 0.29) is 21.5 Å². The molecule has 0 amide bonds. The third kappa shape index (κ3) is 2.71. The highest BCUT2D eigenvalue weighted by molar-refractivity contribution is 9.10. The Bertz CT molecular complexity index is 475. The standard InChI is InChI=1S/C9H8BrNO6/c1-17-7-2-4(8(12)9(13)14)5(10)3-6(7)11(15)16/h2-3,8,12H,1H3,(H,13,14). The number of ether oxygens (including phenoxy) is 1. The summed E-state index contributed by atoms with van der Waals surface area (Å²) in [6.07, 6.45) is -1.78. The first kappa shape index (κ1) is 13.4. The number of hydrogen-bond acceptors (Lipinski definition) is 5. The molecular formula is C9H8BrNO6. The molecule has 1 aromatic rings. The number of carboxylic acids is 1. The lowest BCUT2D eigenvalue weighted by atomic mass is 10.1. The van der Waals surface area contributed by atoms with E-state index in [0.29, 0.717) is 0 Å². The van der Waals surface area contributed by atoms with Crippen LogP contribution in [0.15, 0.2) is 16.6 Å². The number of aliphatic hydroxyl groups is 1. The smallest absolute Gasteiger partial charge is 0.337 e. The van der Waals surface area contributed by atoms with Gasteiger partial charge in [-0.2, -0.15) is 0 Å². The predicted octanol–water partition coefficient (Wildman–Crippen LogP) is 1.48. The molecule has 2 N–H and O–H groups in total. The average molecular weight is 306 g/mol. The van der Waals surface area contributed by atoms with E-state index in [0.717, 1.165) is 12.1 Å². The molecule has 0 aliphatic heterocycles. The van der Waals surface area contributed by atoms with Crippen LogP contribution in [0.4, 0.5) is 5.69 Å². The van der Waals surface area contributed by atoms with Gasteiger partial charge in [0.1, 0.15) is 0 Å². The van der Waals surface area contributed by atoms with Crippen LogP contribution in [0.25, 0.3) is 0 Å². The maximum Gasteiger partial charge on any atom is 0.337 e. The Morgan fingerprint density at radius 3 is 2.59 bits per heavy atom. The van der Waals surface area contributed by atoms with Crippen molar-refractivity contribution in [3.63, 3.8) is 0 Å². The van der Waals surface area contributed by atoms with Crippen LogP contribution >= 0.6 is 15.9 Å². The van der Waals surface area contributed by atoms with Crippen LogP contribution in [0.5, 0.6) is 5.75 Å². The molecule has 0 saturated heterocycles. The largest absolute Gasteiger partial charge is 0.490 e. The molecule has 0 spiro atoms. The lowest BCUT2D eigenvalue weighted by Gasteiger charge is -2.10. The van der Waals surface area contributed by atoms with Gasteiger partial charge in [-0.1, -0.05) is 15.9 Å². The lowest BCUT2D eigenvalue weighted by molar-refractivity contribution is -0.385. The van der Waals surface area contributed by atoms with Gasteiger partial charge in [-0.3, -0.25) is 10.1 Å². The van der Waals surface area contributed by atoms with Crippen LogP contribution in [-0.2, 0) is 4.79 Å². The van der Waals surface area contributed by atoms with Crippen molar-refractivity contribution in [2.24, 2.45) is 0 Å². The van der Waals surface area contributed by atoms with Gasteiger partial charge in [0.25, 0.3) is 0 Å². The summed E-state index contributed by atoms with van der Waals surface area (Å²) in [6.45, 7) is 0. The minimum atomic E-state index is -1.78. The van der Waals surface area contributed by atoms with E-state index in [4.69, 9.17) is 9.84 Å². The van der Waals surface area contributed by atoms with E-state index in [1.165, 1.54) is 7.11 Å². The molecule has 0 aliphatic carbocycles. The summed E-state index contributed by atoms with van der Waals surface area (Å²) in [6, 6.07) is 2.20. The number of hydrogen-bond donors (Lipinski definition) is 2. The van der Waals surface area contributed by atoms with Crippen molar-refractivity contribution in [1.82, 2.24) is 0 Å². The molecule has 1 unspecified atom stereocenters. The molecule has 8 heteroatoms. The molecule has 0 aliphatic rings.